The van der Waals surface area contributed by atoms with Crippen molar-refractivity contribution in [2.75, 3.05) is 0 Å². The van der Waals surface area contributed by atoms with Crippen LogP contribution in [0.3, 0.4) is 0 Å². The summed E-state index contributed by atoms with van der Waals surface area (Å²) in [6.45, 7) is 7.08. The first-order valence-corrected chi connectivity index (χ1v) is 7.05. The topological polar surface area (TPSA) is 71.2 Å². The second-order valence-electron chi connectivity index (χ2n) is 5.35. The molecule has 0 unspecified atom stereocenters. The van der Waals surface area contributed by atoms with E-state index in [9.17, 15) is 4.79 Å². The molecule has 2 heterocycles. The molecule has 6 nitrogen and oxygen atoms in total. The highest BCUT2D eigenvalue weighted by Crippen LogP contribution is 2.25. The highest BCUT2D eigenvalue weighted by Gasteiger charge is 2.22. The molecule has 1 N–H and O–H groups in total. The Morgan fingerprint density at radius 1 is 1.29 bits per heavy atom. The molecule has 0 atom stereocenters. The van der Waals surface area contributed by atoms with Crippen LogP contribution in [0.4, 0.5) is 0 Å². The molecule has 0 radical (unpaired) electrons. The van der Waals surface area contributed by atoms with E-state index < -0.39 is 5.97 Å². The smallest absolute Gasteiger partial charge is 0.335 e. The molecule has 6 heteroatoms. The summed E-state index contributed by atoms with van der Waals surface area (Å²) in [4.78, 5) is 15.0. The minimum atomic E-state index is -0.877. The van der Waals surface area contributed by atoms with Gasteiger partial charge in [0.05, 0.1) is 23.5 Å². The lowest BCUT2D eigenvalue weighted by Gasteiger charge is -2.12. The molecule has 0 saturated carbocycles. The summed E-state index contributed by atoms with van der Waals surface area (Å²) in [5, 5.41) is 17.9. The van der Waals surface area contributed by atoms with Gasteiger partial charge in [-0.25, -0.2) is 4.79 Å². The van der Waals surface area contributed by atoms with Crippen LogP contribution >= 0.6 is 0 Å². The summed E-state index contributed by atoms with van der Waals surface area (Å²) in [6.07, 6.45) is 0. The maximum Gasteiger partial charge on any atom is 0.335 e. The van der Waals surface area contributed by atoms with Crippen LogP contribution in [0.25, 0.3) is 0 Å². The second kappa shape index (κ2) is 5.29. The van der Waals surface area contributed by atoms with Crippen molar-refractivity contribution < 1.29 is 9.90 Å². The molecule has 0 bridgehead atoms. The number of aromatic carboxylic acids is 1. The van der Waals surface area contributed by atoms with Crippen LogP contribution in [0, 0.1) is 6.92 Å². The monoisotopic (exact) mass is 286 g/mol. The van der Waals surface area contributed by atoms with Gasteiger partial charge in [0.1, 0.15) is 0 Å². The van der Waals surface area contributed by atoms with Gasteiger partial charge in [0.25, 0.3) is 0 Å². The number of carboxylic acid groups (broad SMARTS) is 1. The van der Waals surface area contributed by atoms with Crippen molar-refractivity contribution in [2.45, 2.75) is 40.0 Å². The van der Waals surface area contributed by atoms with Crippen molar-refractivity contribution in [3.8, 4) is 0 Å². The molecular formula is C15H18N4O2. The van der Waals surface area contributed by atoms with Crippen molar-refractivity contribution in [1.82, 2.24) is 19.9 Å². The van der Waals surface area contributed by atoms with Crippen LogP contribution in [0.1, 0.15) is 39.8 Å². The largest absolute Gasteiger partial charge is 0.478 e. The van der Waals surface area contributed by atoms with Gasteiger partial charge in [0.2, 0.25) is 0 Å². The summed E-state index contributed by atoms with van der Waals surface area (Å²) >= 11 is 0. The predicted octanol–water partition coefficient (Wildman–Crippen LogP) is 1.82. The number of rotatable bonds is 4. The van der Waals surface area contributed by atoms with E-state index in [1.807, 2.05) is 19.9 Å². The zero-order chi connectivity index (χ0) is 15.0. The molecule has 1 aliphatic rings. The molecule has 0 aliphatic carbocycles. The van der Waals surface area contributed by atoms with Crippen molar-refractivity contribution >= 4 is 5.97 Å². The van der Waals surface area contributed by atoms with Gasteiger partial charge in [-0.2, -0.15) is 15.0 Å². The maximum absolute atomic E-state index is 11.0. The molecule has 1 aromatic carbocycles. The molecular weight excluding hydrogens is 268 g/mol. The van der Waals surface area contributed by atoms with Crippen LogP contribution < -0.4 is 0 Å². The number of hydrogen-bond acceptors (Lipinski definition) is 4. The van der Waals surface area contributed by atoms with Crippen molar-refractivity contribution in [2.24, 2.45) is 0 Å². The number of carbonyl (C=O) groups is 1. The third-order valence-corrected chi connectivity index (χ3v) is 3.82. The highest BCUT2D eigenvalue weighted by molar-refractivity contribution is 5.87. The normalized spacial score (nSPS) is 14.4. The van der Waals surface area contributed by atoms with E-state index in [1.165, 1.54) is 5.56 Å². The Morgan fingerprint density at radius 3 is 2.71 bits per heavy atom. The molecule has 0 amide bonds. The van der Waals surface area contributed by atoms with Gasteiger partial charge in [-0.3, -0.25) is 4.90 Å². The van der Waals surface area contributed by atoms with Crippen LogP contribution in [-0.2, 0) is 26.2 Å². The summed E-state index contributed by atoms with van der Waals surface area (Å²) in [5.74, 6) is -0.877. The van der Waals surface area contributed by atoms with E-state index >= 15 is 0 Å². The zero-order valence-electron chi connectivity index (χ0n) is 12.2. The van der Waals surface area contributed by atoms with Crippen LogP contribution in [0.5, 0.6) is 0 Å². The number of carboxylic acids is 1. The van der Waals surface area contributed by atoms with Crippen LogP contribution in [0.15, 0.2) is 18.2 Å². The fraction of sp³-hybridized carbons (Fsp3) is 0.400. The van der Waals surface area contributed by atoms with E-state index in [0.717, 1.165) is 43.1 Å². The minimum absolute atomic E-state index is 0.351. The molecule has 1 aromatic heterocycles. The number of aromatic nitrogens is 3. The van der Waals surface area contributed by atoms with E-state index in [2.05, 4.69) is 15.1 Å². The van der Waals surface area contributed by atoms with Gasteiger partial charge >= 0.3 is 5.97 Å². The first kappa shape index (κ1) is 13.8. The van der Waals surface area contributed by atoms with Gasteiger partial charge < -0.3 is 5.11 Å². The molecule has 0 spiro atoms. The number of fused-ring (bicyclic) bond motifs is 1. The fourth-order valence-electron chi connectivity index (χ4n) is 2.67. The fourth-order valence-corrected chi connectivity index (χ4v) is 2.67. The number of nitrogens with zero attached hydrogens (tertiary/aromatic N) is 4. The lowest BCUT2D eigenvalue weighted by atomic mass is 10.1. The van der Waals surface area contributed by atoms with Crippen molar-refractivity contribution in [3.63, 3.8) is 0 Å². The lowest BCUT2D eigenvalue weighted by molar-refractivity contribution is 0.0696. The number of aryl methyl sites for hydroxylation is 2. The number of hydrogen-bond donors (Lipinski definition) is 1. The number of benzene rings is 1. The first-order chi connectivity index (χ1) is 10.1. The second-order valence-corrected chi connectivity index (χ2v) is 5.35. The van der Waals surface area contributed by atoms with Gasteiger partial charge in [-0.1, -0.05) is 6.07 Å². The van der Waals surface area contributed by atoms with Crippen molar-refractivity contribution in [1.29, 1.82) is 0 Å². The summed E-state index contributed by atoms with van der Waals surface area (Å²) in [5.41, 5.74) is 4.59. The first-order valence-electron chi connectivity index (χ1n) is 7.05. The van der Waals surface area contributed by atoms with Gasteiger partial charge in [0, 0.05) is 19.6 Å². The third kappa shape index (κ3) is 2.67. The lowest BCUT2D eigenvalue weighted by Crippen LogP contribution is -2.16. The van der Waals surface area contributed by atoms with Crippen LogP contribution in [0.2, 0.25) is 0 Å². The van der Waals surface area contributed by atoms with Gasteiger partial charge in [-0.05, 0) is 37.1 Å². The summed E-state index contributed by atoms with van der Waals surface area (Å²) in [7, 11) is 0. The van der Waals surface area contributed by atoms with E-state index in [4.69, 9.17) is 5.11 Å². The third-order valence-electron chi connectivity index (χ3n) is 3.82. The Balaban J connectivity index is 1.75. The van der Waals surface area contributed by atoms with Crippen molar-refractivity contribution in [3.05, 3.63) is 46.3 Å². The van der Waals surface area contributed by atoms with E-state index in [1.54, 1.807) is 16.9 Å². The molecule has 0 fully saturated rings. The standard InChI is InChI=1S/C15H18N4O2/c1-3-19-16-10(2)14(17-19)9-18-7-12-5-4-11(15(20)21)6-13(12)8-18/h4-6H,3,7-9H2,1-2H3,(H,20,21). The van der Waals surface area contributed by atoms with Gasteiger partial charge in [0.15, 0.2) is 0 Å². The molecule has 3 rings (SSSR count). The van der Waals surface area contributed by atoms with E-state index in [0.29, 0.717) is 5.56 Å². The predicted molar refractivity (Wildman–Crippen MR) is 76.8 cm³/mol. The Labute approximate surface area is 123 Å². The molecule has 0 saturated heterocycles. The van der Waals surface area contributed by atoms with Gasteiger partial charge in [-0.15, -0.1) is 0 Å². The van der Waals surface area contributed by atoms with Crippen LogP contribution in [-0.4, -0.2) is 31.0 Å². The Hall–Kier alpha value is -2.21. The van der Waals surface area contributed by atoms with E-state index in [-0.39, 0.29) is 0 Å². The Kier molecular flexibility index (Phi) is 3.47. The summed E-state index contributed by atoms with van der Waals surface area (Å²) in [6, 6.07) is 5.35. The molecule has 2 aromatic rings. The average Bonchev–Trinajstić information content (AvgIpc) is 3.01. The zero-order valence-corrected chi connectivity index (χ0v) is 12.2. The molecule has 110 valence electrons. The summed E-state index contributed by atoms with van der Waals surface area (Å²) < 4.78 is 0. The average molecular weight is 286 g/mol. The Morgan fingerprint density at radius 2 is 2.05 bits per heavy atom. The quantitative estimate of drug-likeness (QED) is 0.928. The highest BCUT2D eigenvalue weighted by atomic mass is 16.4. The molecule has 1 aliphatic heterocycles. The molecule has 21 heavy (non-hydrogen) atoms. The SMILES string of the molecule is CCn1nc(C)c(CN2Cc3ccc(C(=O)O)cc3C2)n1. The minimum Gasteiger partial charge on any atom is -0.478 e. The maximum atomic E-state index is 11.0. The Bertz CT molecular complexity index is 693.